The zero-order chi connectivity index (χ0) is 19.9. The van der Waals surface area contributed by atoms with Crippen LogP contribution in [0.25, 0.3) is 16.8 Å². The second-order valence-electron chi connectivity index (χ2n) is 6.37. The second kappa shape index (κ2) is 8.84. The van der Waals surface area contributed by atoms with Crippen LogP contribution < -0.4 is 10.1 Å². The Kier molecular flexibility index (Phi) is 5.62. The third-order valence-electron chi connectivity index (χ3n) is 4.40. The highest BCUT2D eigenvalue weighted by Gasteiger charge is 2.10. The van der Waals surface area contributed by atoms with Crippen LogP contribution in [-0.2, 0) is 4.79 Å². The zero-order valence-electron chi connectivity index (χ0n) is 15.7. The molecule has 144 valence electrons. The van der Waals surface area contributed by atoms with Crippen molar-refractivity contribution in [1.29, 1.82) is 0 Å². The lowest BCUT2D eigenvalue weighted by atomic mass is 10.1. The number of rotatable bonds is 7. The number of anilines is 1. The van der Waals surface area contributed by atoms with Crippen LogP contribution in [0.5, 0.6) is 5.75 Å². The maximum absolute atomic E-state index is 12.4. The van der Waals surface area contributed by atoms with Crippen molar-refractivity contribution in [2.75, 3.05) is 11.9 Å². The zero-order valence-corrected chi connectivity index (χ0v) is 15.7. The normalized spacial score (nSPS) is 10.5. The number of aromatic nitrogens is 3. The monoisotopic (exact) mass is 384 g/mol. The lowest BCUT2D eigenvalue weighted by Crippen LogP contribution is -2.16. The summed E-state index contributed by atoms with van der Waals surface area (Å²) in [5.41, 5.74) is 3.51. The molecule has 1 N–H and O–H groups in total. The van der Waals surface area contributed by atoms with E-state index in [4.69, 9.17) is 4.74 Å². The Hall–Kier alpha value is -3.93. The molecular formula is C23H20N4O2. The van der Waals surface area contributed by atoms with E-state index in [-0.39, 0.29) is 18.9 Å². The van der Waals surface area contributed by atoms with Gasteiger partial charge in [-0.3, -0.25) is 4.79 Å². The third-order valence-corrected chi connectivity index (χ3v) is 4.40. The van der Waals surface area contributed by atoms with E-state index in [1.54, 1.807) is 11.0 Å². The Morgan fingerprint density at radius 2 is 1.69 bits per heavy atom. The maximum atomic E-state index is 12.4. The van der Waals surface area contributed by atoms with Gasteiger partial charge in [0.25, 0.3) is 0 Å². The summed E-state index contributed by atoms with van der Waals surface area (Å²) in [6.07, 6.45) is 3.28. The molecule has 0 aliphatic rings. The standard InChI is InChI=1S/C23H20N4O2/c28-23(26-20-11-5-6-12-21(20)27-17-24-16-25-27)14-15-29-22-13-7-4-10-19(22)18-8-2-1-3-9-18/h1-13,16-17H,14-15H2,(H,26,28). The van der Waals surface area contributed by atoms with Gasteiger partial charge in [0.1, 0.15) is 18.4 Å². The molecule has 1 aromatic heterocycles. The fourth-order valence-electron chi connectivity index (χ4n) is 3.03. The molecule has 0 saturated carbocycles. The average Bonchev–Trinajstić information content (AvgIpc) is 3.30. The minimum absolute atomic E-state index is 0.130. The molecule has 0 radical (unpaired) electrons. The van der Waals surface area contributed by atoms with E-state index >= 15 is 0 Å². The minimum atomic E-state index is -0.130. The van der Waals surface area contributed by atoms with E-state index < -0.39 is 0 Å². The number of amides is 1. The van der Waals surface area contributed by atoms with Gasteiger partial charge in [-0.15, -0.1) is 0 Å². The van der Waals surface area contributed by atoms with Crippen molar-refractivity contribution in [2.45, 2.75) is 6.42 Å². The van der Waals surface area contributed by atoms with Gasteiger partial charge in [0, 0.05) is 5.56 Å². The molecule has 0 fully saturated rings. The van der Waals surface area contributed by atoms with Crippen molar-refractivity contribution in [3.8, 4) is 22.6 Å². The van der Waals surface area contributed by atoms with E-state index in [1.165, 1.54) is 6.33 Å². The first-order valence-electron chi connectivity index (χ1n) is 9.32. The van der Waals surface area contributed by atoms with E-state index in [0.717, 1.165) is 22.6 Å². The highest BCUT2D eigenvalue weighted by Crippen LogP contribution is 2.29. The summed E-state index contributed by atoms with van der Waals surface area (Å²) in [5.74, 6) is 0.629. The Labute approximate surface area is 168 Å². The molecule has 1 heterocycles. The highest BCUT2D eigenvalue weighted by molar-refractivity contribution is 5.92. The predicted octanol–water partition coefficient (Wildman–Crippen LogP) is 4.34. The number of carbonyl (C=O) groups is 1. The molecule has 6 heteroatoms. The largest absolute Gasteiger partial charge is 0.492 e. The van der Waals surface area contributed by atoms with Crippen LogP contribution in [-0.4, -0.2) is 27.3 Å². The Bertz CT molecular complexity index is 1080. The van der Waals surface area contributed by atoms with Crippen LogP contribution in [0.15, 0.2) is 91.5 Å². The van der Waals surface area contributed by atoms with Gasteiger partial charge in [0.15, 0.2) is 0 Å². The number of hydrogen-bond donors (Lipinski definition) is 1. The summed E-state index contributed by atoms with van der Waals surface area (Å²) in [6, 6.07) is 25.3. The van der Waals surface area contributed by atoms with Crippen molar-refractivity contribution in [2.24, 2.45) is 0 Å². The maximum Gasteiger partial charge on any atom is 0.227 e. The molecule has 4 rings (SSSR count). The van der Waals surface area contributed by atoms with E-state index in [1.807, 2.05) is 78.9 Å². The first kappa shape index (κ1) is 18.4. The van der Waals surface area contributed by atoms with Crippen molar-refractivity contribution in [1.82, 2.24) is 14.8 Å². The summed E-state index contributed by atoms with van der Waals surface area (Å²) in [5, 5.41) is 7.05. The molecule has 29 heavy (non-hydrogen) atoms. The topological polar surface area (TPSA) is 69.0 Å². The van der Waals surface area contributed by atoms with Gasteiger partial charge in [-0.2, -0.15) is 5.10 Å². The summed E-state index contributed by atoms with van der Waals surface area (Å²) < 4.78 is 7.53. The molecule has 0 aliphatic heterocycles. The van der Waals surface area contributed by atoms with Crippen LogP contribution in [0.1, 0.15) is 6.42 Å². The van der Waals surface area contributed by atoms with Crippen molar-refractivity contribution in [3.05, 3.63) is 91.5 Å². The van der Waals surface area contributed by atoms with Crippen LogP contribution in [0.3, 0.4) is 0 Å². The molecule has 0 bridgehead atoms. The SMILES string of the molecule is O=C(CCOc1ccccc1-c1ccccc1)Nc1ccccc1-n1cncn1. The molecule has 6 nitrogen and oxygen atoms in total. The van der Waals surface area contributed by atoms with Crippen LogP contribution >= 0.6 is 0 Å². The van der Waals surface area contributed by atoms with Crippen molar-refractivity contribution in [3.63, 3.8) is 0 Å². The van der Waals surface area contributed by atoms with Crippen molar-refractivity contribution >= 4 is 11.6 Å². The molecule has 0 saturated heterocycles. The number of carbonyl (C=O) groups excluding carboxylic acids is 1. The van der Waals surface area contributed by atoms with Gasteiger partial charge in [0.05, 0.1) is 24.4 Å². The molecular weight excluding hydrogens is 364 g/mol. The summed E-state index contributed by atoms with van der Waals surface area (Å²) in [6.45, 7) is 0.279. The van der Waals surface area contributed by atoms with Crippen LogP contribution in [0.2, 0.25) is 0 Å². The van der Waals surface area contributed by atoms with Gasteiger partial charge in [-0.05, 0) is 23.8 Å². The summed E-state index contributed by atoms with van der Waals surface area (Å²) in [4.78, 5) is 16.4. The Morgan fingerprint density at radius 3 is 2.52 bits per heavy atom. The smallest absolute Gasteiger partial charge is 0.227 e. The van der Waals surface area contributed by atoms with Gasteiger partial charge in [-0.25, -0.2) is 9.67 Å². The number of ether oxygens (including phenoxy) is 1. The summed E-state index contributed by atoms with van der Waals surface area (Å²) >= 11 is 0. The molecule has 0 unspecified atom stereocenters. The van der Waals surface area contributed by atoms with Gasteiger partial charge >= 0.3 is 0 Å². The summed E-state index contributed by atoms with van der Waals surface area (Å²) in [7, 11) is 0. The highest BCUT2D eigenvalue weighted by atomic mass is 16.5. The number of benzene rings is 3. The molecule has 4 aromatic rings. The fourth-order valence-corrected chi connectivity index (χ4v) is 3.03. The lowest BCUT2D eigenvalue weighted by molar-refractivity contribution is -0.116. The predicted molar refractivity (Wildman–Crippen MR) is 112 cm³/mol. The average molecular weight is 384 g/mol. The van der Waals surface area contributed by atoms with Crippen molar-refractivity contribution < 1.29 is 9.53 Å². The molecule has 0 atom stereocenters. The first-order chi connectivity index (χ1) is 14.3. The molecule has 0 aliphatic carbocycles. The quantitative estimate of drug-likeness (QED) is 0.515. The second-order valence-corrected chi connectivity index (χ2v) is 6.37. The third kappa shape index (κ3) is 4.50. The number of nitrogens with one attached hydrogen (secondary N) is 1. The van der Waals surface area contributed by atoms with Crippen LogP contribution in [0.4, 0.5) is 5.69 Å². The van der Waals surface area contributed by atoms with E-state index in [2.05, 4.69) is 15.4 Å². The minimum Gasteiger partial charge on any atom is -0.492 e. The Balaban J connectivity index is 1.39. The molecule has 3 aromatic carbocycles. The van der Waals surface area contributed by atoms with Gasteiger partial charge < -0.3 is 10.1 Å². The van der Waals surface area contributed by atoms with E-state index in [9.17, 15) is 4.79 Å². The number of hydrogen-bond acceptors (Lipinski definition) is 4. The fraction of sp³-hybridized carbons (Fsp3) is 0.0870. The molecule has 0 spiro atoms. The van der Waals surface area contributed by atoms with Crippen LogP contribution in [0, 0.1) is 0 Å². The number of nitrogens with zero attached hydrogens (tertiary/aromatic N) is 3. The lowest BCUT2D eigenvalue weighted by Gasteiger charge is -2.13. The number of para-hydroxylation sites is 3. The molecule has 1 amide bonds. The first-order valence-corrected chi connectivity index (χ1v) is 9.32. The van der Waals surface area contributed by atoms with Gasteiger partial charge in [0.2, 0.25) is 5.91 Å². The van der Waals surface area contributed by atoms with Gasteiger partial charge in [-0.1, -0.05) is 60.7 Å². The van der Waals surface area contributed by atoms with E-state index in [0.29, 0.717) is 5.69 Å². The Morgan fingerprint density at radius 1 is 0.931 bits per heavy atom.